The predicted molar refractivity (Wildman–Crippen MR) is 119 cm³/mol. The van der Waals surface area contributed by atoms with Gasteiger partial charge in [-0.05, 0) is 54.4 Å². The van der Waals surface area contributed by atoms with Crippen LogP contribution in [0, 0.1) is 11.8 Å². The molecule has 0 bridgehead atoms. The number of rotatable bonds is 3. The summed E-state index contributed by atoms with van der Waals surface area (Å²) in [5.74, 6) is -0.702. The van der Waals surface area contributed by atoms with Gasteiger partial charge in [-0.15, -0.1) is 0 Å². The SMILES string of the molecule is CN1C(=O)[C@]2(C[C@@](C)(Cc3cccc(F)c3)Oc3ccc(-c4cccnc4F)cc32)N=C1N. The standard InChI is InChI=1S/C25H22F2N4O2/c1-24(13-15-5-3-6-17(26)11-15)14-25(22(32)31(2)23(28)30-25)19-12-16(8-9-20(19)33-24)18-7-4-10-29-21(18)27/h3-12H,13-14H2,1-2H3,(H2,28,30)/t24-,25-/m1/s1. The van der Waals surface area contributed by atoms with Crippen molar-refractivity contribution in [1.82, 2.24) is 9.88 Å². The van der Waals surface area contributed by atoms with Crippen LogP contribution in [0.2, 0.25) is 0 Å². The molecule has 0 saturated carbocycles. The lowest BCUT2D eigenvalue weighted by molar-refractivity contribution is -0.133. The van der Waals surface area contributed by atoms with Crippen molar-refractivity contribution in [2.45, 2.75) is 30.9 Å². The van der Waals surface area contributed by atoms with Crippen LogP contribution in [0.15, 0.2) is 65.8 Å². The Morgan fingerprint density at radius 3 is 2.67 bits per heavy atom. The van der Waals surface area contributed by atoms with Gasteiger partial charge in [-0.2, -0.15) is 4.39 Å². The second-order valence-electron chi connectivity index (χ2n) is 8.78. The number of amides is 1. The molecule has 1 aromatic heterocycles. The largest absolute Gasteiger partial charge is 0.487 e. The number of ether oxygens (including phenoxy) is 1. The maximum absolute atomic E-state index is 14.4. The summed E-state index contributed by atoms with van der Waals surface area (Å²) < 4.78 is 34.6. The smallest absolute Gasteiger partial charge is 0.261 e. The molecule has 2 aromatic carbocycles. The number of carbonyl (C=O) groups excluding carboxylic acids is 1. The summed E-state index contributed by atoms with van der Waals surface area (Å²) >= 11 is 0. The zero-order valence-corrected chi connectivity index (χ0v) is 18.2. The van der Waals surface area contributed by atoms with Crippen molar-refractivity contribution in [2.24, 2.45) is 10.7 Å². The molecule has 8 heteroatoms. The molecule has 5 rings (SSSR count). The number of fused-ring (bicyclic) bond motifs is 2. The summed E-state index contributed by atoms with van der Waals surface area (Å²) in [4.78, 5) is 23.1. The number of nitrogens with two attached hydrogens (primary N) is 1. The third-order valence-electron chi connectivity index (χ3n) is 6.26. The first-order chi connectivity index (χ1) is 15.7. The van der Waals surface area contributed by atoms with Crippen molar-refractivity contribution < 1.29 is 18.3 Å². The quantitative estimate of drug-likeness (QED) is 0.618. The molecule has 0 unspecified atom stereocenters. The molecule has 1 spiro atoms. The monoisotopic (exact) mass is 448 g/mol. The number of benzene rings is 2. The summed E-state index contributed by atoms with van der Waals surface area (Å²) in [7, 11) is 1.57. The molecule has 1 amide bonds. The van der Waals surface area contributed by atoms with Gasteiger partial charge in [-0.25, -0.2) is 14.4 Å². The molecule has 168 valence electrons. The fourth-order valence-corrected chi connectivity index (χ4v) is 4.82. The second kappa shape index (κ2) is 7.37. The molecule has 33 heavy (non-hydrogen) atoms. The number of guanidine groups is 1. The van der Waals surface area contributed by atoms with Gasteiger partial charge in [0.2, 0.25) is 5.95 Å². The highest BCUT2D eigenvalue weighted by molar-refractivity contribution is 6.07. The van der Waals surface area contributed by atoms with E-state index in [9.17, 15) is 13.6 Å². The lowest BCUT2D eigenvalue weighted by atomic mass is 9.74. The van der Waals surface area contributed by atoms with E-state index in [1.807, 2.05) is 13.0 Å². The number of pyridine rings is 1. The number of halogens is 2. The summed E-state index contributed by atoms with van der Waals surface area (Å²) in [5.41, 5.74) is 5.96. The molecular weight excluding hydrogens is 426 g/mol. The number of carbonyl (C=O) groups is 1. The number of aromatic nitrogens is 1. The highest BCUT2D eigenvalue weighted by Crippen LogP contribution is 2.50. The Labute approximate surface area is 189 Å². The Balaban J connectivity index is 1.65. The van der Waals surface area contributed by atoms with E-state index in [4.69, 9.17) is 10.5 Å². The summed E-state index contributed by atoms with van der Waals surface area (Å²) in [6.07, 6.45) is 1.92. The lowest BCUT2D eigenvalue weighted by Gasteiger charge is -2.43. The molecule has 0 aliphatic carbocycles. The van der Waals surface area contributed by atoms with E-state index in [-0.39, 0.29) is 24.1 Å². The van der Waals surface area contributed by atoms with Crippen LogP contribution in [-0.2, 0) is 16.8 Å². The molecular formula is C25H22F2N4O2. The van der Waals surface area contributed by atoms with Gasteiger partial charge < -0.3 is 10.5 Å². The van der Waals surface area contributed by atoms with Crippen molar-refractivity contribution in [2.75, 3.05) is 7.05 Å². The highest BCUT2D eigenvalue weighted by Gasteiger charge is 2.56. The third kappa shape index (κ3) is 3.42. The minimum atomic E-state index is -1.33. The Kier molecular flexibility index (Phi) is 4.70. The van der Waals surface area contributed by atoms with E-state index in [1.165, 1.54) is 23.2 Å². The van der Waals surface area contributed by atoms with Crippen molar-refractivity contribution in [1.29, 1.82) is 0 Å². The number of aliphatic imine (C=N–C) groups is 1. The van der Waals surface area contributed by atoms with Gasteiger partial charge in [0, 0.05) is 37.2 Å². The van der Waals surface area contributed by atoms with Crippen molar-refractivity contribution in [3.05, 3.63) is 83.7 Å². The number of nitrogens with zero attached hydrogens (tertiary/aromatic N) is 3. The summed E-state index contributed by atoms with van der Waals surface area (Å²) in [6.45, 7) is 1.87. The van der Waals surface area contributed by atoms with Gasteiger partial charge in [0.1, 0.15) is 17.2 Å². The molecule has 3 aromatic rings. The maximum atomic E-state index is 14.4. The first kappa shape index (κ1) is 21.1. The van der Waals surface area contributed by atoms with Crippen LogP contribution >= 0.6 is 0 Å². The molecule has 3 heterocycles. The van der Waals surface area contributed by atoms with Crippen LogP contribution in [-0.4, -0.2) is 34.4 Å². The molecule has 0 radical (unpaired) electrons. The van der Waals surface area contributed by atoms with Gasteiger partial charge >= 0.3 is 0 Å². The van der Waals surface area contributed by atoms with E-state index in [0.29, 0.717) is 28.9 Å². The average molecular weight is 448 g/mol. The molecule has 0 saturated heterocycles. The van der Waals surface area contributed by atoms with Crippen LogP contribution in [0.4, 0.5) is 8.78 Å². The van der Waals surface area contributed by atoms with E-state index < -0.39 is 17.1 Å². The second-order valence-corrected chi connectivity index (χ2v) is 8.78. The van der Waals surface area contributed by atoms with E-state index in [1.54, 1.807) is 43.4 Å². The van der Waals surface area contributed by atoms with Crippen LogP contribution in [0.25, 0.3) is 11.1 Å². The maximum Gasteiger partial charge on any atom is 0.261 e. The van der Waals surface area contributed by atoms with Crippen molar-refractivity contribution >= 4 is 11.9 Å². The molecule has 0 fully saturated rings. The van der Waals surface area contributed by atoms with Gasteiger partial charge in [0.15, 0.2) is 11.5 Å². The lowest BCUT2D eigenvalue weighted by Crippen LogP contribution is -2.51. The van der Waals surface area contributed by atoms with E-state index >= 15 is 0 Å². The molecule has 6 nitrogen and oxygen atoms in total. The van der Waals surface area contributed by atoms with Gasteiger partial charge in [0.25, 0.3) is 5.91 Å². The van der Waals surface area contributed by atoms with Gasteiger partial charge in [-0.3, -0.25) is 9.69 Å². The summed E-state index contributed by atoms with van der Waals surface area (Å²) in [5, 5.41) is 0. The third-order valence-corrected chi connectivity index (χ3v) is 6.26. The summed E-state index contributed by atoms with van der Waals surface area (Å²) in [6, 6.07) is 14.7. The fourth-order valence-electron chi connectivity index (χ4n) is 4.82. The normalized spacial score (nSPS) is 23.9. The van der Waals surface area contributed by atoms with Gasteiger partial charge in [0.05, 0.1) is 0 Å². The van der Waals surface area contributed by atoms with Gasteiger partial charge in [-0.1, -0.05) is 18.2 Å². The Bertz CT molecular complexity index is 1310. The number of hydrogen-bond donors (Lipinski definition) is 1. The predicted octanol–water partition coefficient (Wildman–Crippen LogP) is 3.79. The Morgan fingerprint density at radius 2 is 1.97 bits per heavy atom. The van der Waals surface area contributed by atoms with Crippen molar-refractivity contribution in [3.8, 4) is 16.9 Å². The molecule has 2 aliphatic heterocycles. The first-order valence-electron chi connectivity index (χ1n) is 10.5. The zero-order chi connectivity index (χ0) is 23.4. The van der Waals surface area contributed by atoms with Crippen LogP contribution in [0.5, 0.6) is 5.75 Å². The first-order valence-corrected chi connectivity index (χ1v) is 10.5. The molecule has 2 aliphatic rings. The molecule has 2 atom stereocenters. The van der Waals surface area contributed by atoms with E-state index in [2.05, 4.69) is 9.98 Å². The number of hydrogen-bond acceptors (Lipinski definition) is 5. The topological polar surface area (TPSA) is 80.8 Å². The van der Waals surface area contributed by atoms with E-state index in [0.717, 1.165) is 5.56 Å². The minimum absolute atomic E-state index is 0.0962. The van der Waals surface area contributed by atoms with Crippen molar-refractivity contribution in [3.63, 3.8) is 0 Å². The van der Waals surface area contributed by atoms with Crippen LogP contribution in [0.3, 0.4) is 0 Å². The van der Waals surface area contributed by atoms with Crippen LogP contribution in [0.1, 0.15) is 24.5 Å². The zero-order valence-electron chi connectivity index (χ0n) is 18.2. The Hall–Kier alpha value is -3.81. The fraction of sp³-hybridized carbons (Fsp3) is 0.240. The number of likely N-dealkylation sites (N-methyl/N-ethyl adjacent to an activating group) is 1. The Morgan fingerprint density at radius 1 is 1.15 bits per heavy atom. The average Bonchev–Trinajstić information content (AvgIpc) is 2.97. The molecule has 2 N–H and O–H groups in total. The minimum Gasteiger partial charge on any atom is -0.487 e. The van der Waals surface area contributed by atoms with Crippen LogP contribution < -0.4 is 10.5 Å². The highest BCUT2D eigenvalue weighted by atomic mass is 19.1.